The number of nitrogens with zero attached hydrogens (tertiary/aromatic N) is 1. The molecule has 0 unspecified atom stereocenters. The van der Waals surface area contributed by atoms with E-state index in [9.17, 15) is 31.5 Å². The van der Waals surface area contributed by atoms with Crippen LogP contribution in [0.2, 0.25) is 0 Å². The monoisotopic (exact) mass is 473 g/mol. The molecule has 0 aliphatic carbocycles. The Morgan fingerprint density at radius 3 is 2.58 bits per heavy atom. The van der Waals surface area contributed by atoms with Gasteiger partial charge in [-0.15, -0.1) is 0 Å². The zero-order valence-electron chi connectivity index (χ0n) is 17.5. The van der Waals surface area contributed by atoms with Crippen molar-refractivity contribution in [2.75, 3.05) is 12.4 Å². The smallest absolute Gasteiger partial charge is 0.417 e. The van der Waals surface area contributed by atoms with Gasteiger partial charge in [-0.2, -0.15) is 17.6 Å². The average Bonchev–Trinajstić information content (AvgIpc) is 3.17. The number of ether oxygens (including phenoxy) is 2. The minimum absolute atomic E-state index is 0.0319. The number of hydrogen-bond acceptors (Lipinski definition) is 5. The molecule has 33 heavy (non-hydrogen) atoms. The SMILES string of the molecule is CC[C@@]1(C(F)(F)F)C[C@@H](c2ccc(F)c(F)c2OC)[C@@H](C(=O)Nc2ccnc(C(N)=O)c2)O1. The topological polar surface area (TPSA) is 104 Å². The van der Waals surface area contributed by atoms with E-state index in [2.05, 4.69) is 10.3 Å². The van der Waals surface area contributed by atoms with Crippen LogP contribution in [0.15, 0.2) is 30.5 Å². The van der Waals surface area contributed by atoms with E-state index in [1.54, 1.807) is 0 Å². The summed E-state index contributed by atoms with van der Waals surface area (Å²) in [5.41, 5.74) is 2.15. The van der Waals surface area contributed by atoms with Gasteiger partial charge in [-0.05, 0) is 31.0 Å². The Labute approximate surface area is 185 Å². The van der Waals surface area contributed by atoms with Crippen LogP contribution in [0.25, 0.3) is 0 Å². The molecule has 0 radical (unpaired) electrons. The Morgan fingerprint density at radius 1 is 1.30 bits per heavy atom. The number of carbonyl (C=O) groups excluding carboxylic acids is 2. The highest BCUT2D eigenvalue weighted by molar-refractivity contribution is 5.97. The second-order valence-electron chi connectivity index (χ2n) is 7.46. The first-order valence-corrected chi connectivity index (χ1v) is 9.77. The zero-order valence-corrected chi connectivity index (χ0v) is 17.5. The van der Waals surface area contributed by atoms with Crippen molar-refractivity contribution in [1.29, 1.82) is 0 Å². The summed E-state index contributed by atoms with van der Waals surface area (Å²) in [6, 6.07) is 4.23. The fourth-order valence-corrected chi connectivity index (χ4v) is 3.86. The number of benzene rings is 1. The lowest BCUT2D eigenvalue weighted by Crippen LogP contribution is -2.45. The molecular weight excluding hydrogens is 453 g/mol. The first-order valence-electron chi connectivity index (χ1n) is 9.77. The Balaban J connectivity index is 2.05. The van der Waals surface area contributed by atoms with Crippen LogP contribution in [-0.4, -0.2) is 41.8 Å². The van der Waals surface area contributed by atoms with Crippen LogP contribution >= 0.6 is 0 Å². The molecule has 0 saturated carbocycles. The number of amides is 2. The lowest BCUT2D eigenvalue weighted by atomic mass is 9.84. The second-order valence-corrected chi connectivity index (χ2v) is 7.46. The molecule has 3 atom stereocenters. The minimum atomic E-state index is -4.85. The normalized spacial score (nSPS) is 22.8. The fraction of sp³-hybridized carbons (Fsp3) is 0.381. The van der Waals surface area contributed by atoms with E-state index in [1.807, 2.05) is 0 Å². The summed E-state index contributed by atoms with van der Waals surface area (Å²) in [6.07, 6.45) is -6.67. The summed E-state index contributed by atoms with van der Waals surface area (Å²) in [4.78, 5) is 28.0. The van der Waals surface area contributed by atoms with Crippen molar-refractivity contribution in [3.8, 4) is 5.75 Å². The lowest BCUT2D eigenvalue weighted by molar-refractivity contribution is -0.270. The van der Waals surface area contributed by atoms with Crippen LogP contribution in [0, 0.1) is 11.6 Å². The zero-order chi connectivity index (χ0) is 24.6. The third-order valence-electron chi connectivity index (χ3n) is 5.58. The van der Waals surface area contributed by atoms with E-state index < -0.39 is 65.8 Å². The van der Waals surface area contributed by atoms with Gasteiger partial charge in [0.05, 0.1) is 7.11 Å². The van der Waals surface area contributed by atoms with E-state index >= 15 is 0 Å². The molecule has 2 aromatic rings. The molecule has 1 aliphatic rings. The molecule has 0 spiro atoms. The maximum atomic E-state index is 14.3. The molecule has 1 aliphatic heterocycles. The van der Waals surface area contributed by atoms with E-state index in [0.717, 1.165) is 25.3 Å². The van der Waals surface area contributed by atoms with Crippen molar-refractivity contribution >= 4 is 17.5 Å². The molecule has 1 fully saturated rings. The number of alkyl halides is 3. The number of methoxy groups -OCH3 is 1. The number of halogens is 5. The van der Waals surface area contributed by atoms with Gasteiger partial charge in [0, 0.05) is 23.4 Å². The lowest BCUT2D eigenvalue weighted by Gasteiger charge is -2.30. The number of nitrogens with two attached hydrogens (primary N) is 1. The van der Waals surface area contributed by atoms with Gasteiger partial charge in [-0.3, -0.25) is 14.6 Å². The molecule has 178 valence electrons. The van der Waals surface area contributed by atoms with Crippen molar-refractivity contribution < 1.29 is 41.0 Å². The molecule has 3 N–H and O–H groups in total. The summed E-state index contributed by atoms with van der Waals surface area (Å²) in [6.45, 7) is 1.25. The molecule has 1 aromatic heterocycles. The van der Waals surface area contributed by atoms with E-state index in [-0.39, 0.29) is 16.9 Å². The highest BCUT2D eigenvalue weighted by Crippen LogP contribution is 2.53. The van der Waals surface area contributed by atoms with Crippen molar-refractivity contribution in [2.24, 2.45) is 5.73 Å². The van der Waals surface area contributed by atoms with Crippen LogP contribution in [0.1, 0.15) is 41.7 Å². The third kappa shape index (κ3) is 4.47. The van der Waals surface area contributed by atoms with Crippen LogP contribution in [0.3, 0.4) is 0 Å². The van der Waals surface area contributed by atoms with E-state index in [0.29, 0.717) is 0 Å². The molecule has 3 rings (SSSR count). The van der Waals surface area contributed by atoms with Gasteiger partial charge in [0.2, 0.25) is 5.82 Å². The van der Waals surface area contributed by atoms with Gasteiger partial charge in [-0.1, -0.05) is 13.0 Å². The number of primary amides is 1. The molecular formula is C21H20F5N3O4. The summed E-state index contributed by atoms with van der Waals surface area (Å²) < 4.78 is 80.1. The molecule has 2 heterocycles. The Hall–Kier alpha value is -3.28. The summed E-state index contributed by atoms with van der Waals surface area (Å²) in [5.74, 6) is -6.47. The predicted molar refractivity (Wildman–Crippen MR) is 106 cm³/mol. The first-order chi connectivity index (χ1) is 15.4. The van der Waals surface area contributed by atoms with Crippen molar-refractivity contribution in [3.05, 3.63) is 53.4 Å². The fourth-order valence-electron chi connectivity index (χ4n) is 3.86. The van der Waals surface area contributed by atoms with Crippen molar-refractivity contribution in [1.82, 2.24) is 4.98 Å². The molecule has 2 amide bonds. The molecule has 1 saturated heterocycles. The van der Waals surface area contributed by atoms with Crippen LogP contribution in [-0.2, 0) is 9.53 Å². The molecule has 0 bridgehead atoms. The maximum absolute atomic E-state index is 14.3. The van der Waals surface area contributed by atoms with Crippen LogP contribution in [0.5, 0.6) is 5.75 Å². The standard InChI is InChI=1S/C21H20F5N3O4/c1-3-20(21(24,25)26)9-12(11-4-5-13(22)15(23)16(11)32-2)17(33-20)19(31)29-10-6-7-28-14(8-10)18(27)30/h4-8,12,17H,3,9H2,1-2H3,(H2,27,30)(H,28,29,31)/t12-,17-,20-/m0/s1. The first kappa shape index (κ1) is 24.4. The number of carbonyl (C=O) groups is 2. The van der Waals surface area contributed by atoms with E-state index in [4.69, 9.17) is 15.2 Å². The second kappa shape index (κ2) is 8.93. The highest BCUT2D eigenvalue weighted by atomic mass is 19.4. The third-order valence-corrected chi connectivity index (χ3v) is 5.58. The minimum Gasteiger partial charge on any atom is -0.493 e. The van der Waals surface area contributed by atoms with Gasteiger partial charge < -0.3 is 20.5 Å². The summed E-state index contributed by atoms with van der Waals surface area (Å²) >= 11 is 0. The number of pyridine rings is 1. The number of anilines is 1. The van der Waals surface area contributed by atoms with Gasteiger partial charge in [0.25, 0.3) is 11.8 Å². The van der Waals surface area contributed by atoms with Gasteiger partial charge in [-0.25, -0.2) is 4.39 Å². The summed E-state index contributed by atoms with van der Waals surface area (Å²) in [7, 11) is 1.03. The van der Waals surface area contributed by atoms with Gasteiger partial charge in [0.1, 0.15) is 11.8 Å². The Bertz CT molecular complexity index is 1080. The number of aromatic nitrogens is 1. The predicted octanol–water partition coefficient (Wildman–Crippen LogP) is 3.69. The Kier molecular flexibility index (Phi) is 6.59. The van der Waals surface area contributed by atoms with Crippen molar-refractivity contribution in [3.63, 3.8) is 0 Å². The van der Waals surface area contributed by atoms with Gasteiger partial charge >= 0.3 is 6.18 Å². The molecule has 1 aromatic carbocycles. The number of hydrogen-bond donors (Lipinski definition) is 2. The van der Waals surface area contributed by atoms with Gasteiger partial charge in [0.15, 0.2) is 17.2 Å². The average molecular weight is 473 g/mol. The highest BCUT2D eigenvalue weighted by Gasteiger charge is 2.63. The summed E-state index contributed by atoms with van der Waals surface area (Å²) in [5, 5.41) is 2.37. The maximum Gasteiger partial charge on any atom is 0.417 e. The molecule has 12 heteroatoms. The number of nitrogens with one attached hydrogen (secondary N) is 1. The Morgan fingerprint density at radius 2 is 2.00 bits per heavy atom. The largest absolute Gasteiger partial charge is 0.493 e. The van der Waals surface area contributed by atoms with Crippen LogP contribution in [0.4, 0.5) is 27.6 Å². The van der Waals surface area contributed by atoms with E-state index in [1.165, 1.54) is 19.2 Å². The quantitative estimate of drug-likeness (QED) is 0.623. The molecule has 7 nitrogen and oxygen atoms in total. The van der Waals surface area contributed by atoms with Crippen LogP contribution < -0.4 is 15.8 Å². The number of rotatable bonds is 6. The van der Waals surface area contributed by atoms with Crippen molar-refractivity contribution in [2.45, 2.75) is 43.6 Å².